The fourth-order valence-corrected chi connectivity index (χ4v) is 2.11. The number of pyridine rings is 1. The molecular formula is C12H13ClFN3O3. The van der Waals surface area contributed by atoms with Gasteiger partial charge in [-0.1, -0.05) is 11.6 Å². The van der Waals surface area contributed by atoms with Gasteiger partial charge in [0.2, 0.25) is 5.91 Å². The van der Waals surface area contributed by atoms with E-state index in [1.807, 2.05) is 0 Å². The normalized spacial score (nSPS) is 21.6. The fraction of sp³-hybridized carbons (Fsp3) is 0.417. The summed E-state index contributed by atoms with van der Waals surface area (Å²) in [5, 5.41) is 5.29. The Labute approximate surface area is 119 Å². The highest BCUT2D eigenvalue weighted by Gasteiger charge is 2.29. The van der Waals surface area contributed by atoms with E-state index in [9.17, 15) is 14.0 Å². The van der Waals surface area contributed by atoms with Gasteiger partial charge >= 0.3 is 5.97 Å². The Hall–Kier alpha value is -1.73. The number of alkyl halides is 1. The van der Waals surface area contributed by atoms with Crippen molar-refractivity contribution in [1.82, 2.24) is 10.3 Å². The fourth-order valence-electron chi connectivity index (χ4n) is 1.90. The Morgan fingerprint density at radius 3 is 2.90 bits per heavy atom. The van der Waals surface area contributed by atoms with Gasteiger partial charge < -0.3 is 15.4 Å². The molecule has 2 N–H and O–H groups in total. The zero-order valence-electron chi connectivity index (χ0n) is 10.7. The molecule has 108 valence electrons. The zero-order valence-corrected chi connectivity index (χ0v) is 11.4. The number of carbonyl (C=O) groups excluding carboxylic acids is 2. The Morgan fingerprint density at radius 1 is 1.55 bits per heavy atom. The van der Waals surface area contributed by atoms with Crippen LogP contribution < -0.4 is 10.6 Å². The van der Waals surface area contributed by atoms with Crippen LogP contribution in [0.3, 0.4) is 0 Å². The standard InChI is InChI=1S/C12H13ClFN3O3/c1-20-12(19)6-2-9(13)16-10(3-6)17-11(18)8-4-7(14)5-15-8/h2-3,7-8,15H,4-5H2,1H3,(H,16,17,18)/t7-,8+/m1/s1. The molecular weight excluding hydrogens is 289 g/mol. The number of nitrogens with one attached hydrogen (secondary N) is 2. The highest BCUT2D eigenvalue weighted by atomic mass is 35.5. The third-order valence-electron chi connectivity index (χ3n) is 2.86. The number of halogens is 2. The zero-order chi connectivity index (χ0) is 14.7. The number of carbonyl (C=O) groups is 2. The van der Waals surface area contributed by atoms with Gasteiger partial charge in [0, 0.05) is 13.0 Å². The van der Waals surface area contributed by atoms with Gasteiger partial charge in [-0.2, -0.15) is 0 Å². The van der Waals surface area contributed by atoms with E-state index >= 15 is 0 Å². The van der Waals surface area contributed by atoms with E-state index < -0.39 is 24.1 Å². The molecule has 1 aromatic rings. The lowest BCUT2D eigenvalue weighted by atomic mass is 10.2. The number of ether oxygens (including phenoxy) is 1. The molecule has 1 aromatic heterocycles. The third-order valence-corrected chi connectivity index (χ3v) is 3.05. The molecule has 2 rings (SSSR count). The minimum Gasteiger partial charge on any atom is -0.465 e. The second kappa shape index (κ2) is 6.15. The minimum absolute atomic E-state index is 0.0472. The summed E-state index contributed by atoms with van der Waals surface area (Å²) in [6, 6.07) is 2.05. The maximum atomic E-state index is 13.0. The van der Waals surface area contributed by atoms with Crippen molar-refractivity contribution in [1.29, 1.82) is 0 Å². The lowest BCUT2D eigenvalue weighted by Crippen LogP contribution is -2.35. The van der Waals surface area contributed by atoms with E-state index in [0.29, 0.717) is 0 Å². The van der Waals surface area contributed by atoms with Crippen LogP contribution in [0.2, 0.25) is 5.15 Å². The van der Waals surface area contributed by atoms with Crippen molar-refractivity contribution in [3.63, 3.8) is 0 Å². The highest BCUT2D eigenvalue weighted by Crippen LogP contribution is 2.17. The second-order valence-electron chi connectivity index (χ2n) is 4.34. The number of esters is 1. The van der Waals surface area contributed by atoms with Crippen LogP contribution in [0.1, 0.15) is 16.8 Å². The second-order valence-corrected chi connectivity index (χ2v) is 4.73. The van der Waals surface area contributed by atoms with Crippen LogP contribution in [0.5, 0.6) is 0 Å². The molecule has 2 heterocycles. The van der Waals surface area contributed by atoms with Gasteiger partial charge in [-0.3, -0.25) is 4.79 Å². The van der Waals surface area contributed by atoms with Crippen LogP contribution in [0, 0.1) is 0 Å². The highest BCUT2D eigenvalue weighted by molar-refractivity contribution is 6.29. The molecule has 2 atom stereocenters. The molecule has 0 unspecified atom stereocenters. The molecule has 0 bridgehead atoms. The molecule has 8 heteroatoms. The third kappa shape index (κ3) is 3.43. The molecule has 1 aliphatic rings. The molecule has 1 aliphatic heterocycles. The molecule has 1 amide bonds. The van der Waals surface area contributed by atoms with E-state index in [0.717, 1.165) is 0 Å². The predicted molar refractivity (Wildman–Crippen MR) is 70.5 cm³/mol. The SMILES string of the molecule is COC(=O)c1cc(Cl)nc(NC(=O)[C@@H]2C[C@@H](F)CN2)c1. The van der Waals surface area contributed by atoms with Gasteiger partial charge in [0.1, 0.15) is 17.1 Å². The van der Waals surface area contributed by atoms with Crippen LogP contribution in [-0.2, 0) is 9.53 Å². The monoisotopic (exact) mass is 301 g/mol. The molecule has 0 aliphatic carbocycles. The van der Waals surface area contributed by atoms with Gasteiger partial charge in [0.15, 0.2) is 0 Å². The molecule has 20 heavy (non-hydrogen) atoms. The van der Waals surface area contributed by atoms with E-state index in [4.69, 9.17) is 11.6 Å². The summed E-state index contributed by atoms with van der Waals surface area (Å²) >= 11 is 5.77. The summed E-state index contributed by atoms with van der Waals surface area (Å²) in [4.78, 5) is 27.2. The van der Waals surface area contributed by atoms with Crippen LogP contribution in [0.15, 0.2) is 12.1 Å². The van der Waals surface area contributed by atoms with E-state index in [2.05, 4.69) is 20.4 Å². The lowest BCUT2D eigenvalue weighted by Gasteiger charge is -2.11. The minimum atomic E-state index is -1.04. The maximum absolute atomic E-state index is 13.0. The molecule has 0 saturated carbocycles. The molecule has 1 saturated heterocycles. The van der Waals surface area contributed by atoms with E-state index in [-0.39, 0.29) is 29.5 Å². The smallest absolute Gasteiger partial charge is 0.338 e. The summed E-state index contributed by atoms with van der Waals surface area (Å²) < 4.78 is 17.6. The van der Waals surface area contributed by atoms with E-state index in [1.165, 1.54) is 19.2 Å². The van der Waals surface area contributed by atoms with Gasteiger partial charge in [-0.15, -0.1) is 0 Å². The van der Waals surface area contributed by atoms with Gasteiger partial charge in [-0.05, 0) is 12.1 Å². The number of hydrogen-bond acceptors (Lipinski definition) is 5. The van der Waals surface area contributed by atoms with E-state index in [1.54, 1.807) is 0 Å². The molecule has 0 aromatic carbocycles. The first kappa shape index (κ1) is 14.7. The largest absolute Gasteiger partial charge is 0.465 e. The number of methoxy groups -OCH3 is 1. The summed E-state index contributed by atoms with van der Waals surface area (Å²) in [5.74, 6) is -0.893. The first-order valence-corrected chi connectivity index (χ1v) is 6.31. The van der Waals surface area contributed by atoms with Crippen LogP contribution >= 0.6 is 11.6 Å². The van der Waals surface area contributed by atoms with Gasteiger partial charge in [0.05, 0.1) is 18.7 Å². The summed E-state index contributed by atoms with van der Waals surface area (Å²) in [6.45, 7) is 0.147. The summed E-state index contributed by atoms with van der Waals surface area (Å²) in [7, 11) is 1.23. The van der Waals surface area contributed by atoms with Gasteiger partial charge in [-0.25, -0.2) is 14.2 Å². The molecule has 1 fully saturated rings. The quantitative estimate of drug-likeness (QED) is 0.647. The van der Waals surface area contributed by atoms with Crippen molar-refractivity contribution in [2.45, 2.75) is 18.6 Å². The topological polar surface area (TPSA) is 80.3 Å². The van der Waals surface area contributed by atoms with Crippen molar-refractivity contribution in [2.24, 2.45) is 0 Å². The Kier molecular flexibility index (Phi) is 4.51. The van der Waals surface area contributed by atoms with Crippen molar-refractivity contribution in [3.8, 4) is 0 Å². The molecule has 0 spiro atoms. The number of rotatable bonds is 3. The first-order valence-electron chi connectivity index (χ1n) is 5.94. The number of nitrogens with zero attached hydrogens (tertiary/aromatic N) is 1. The first-order chi connectivity index (χ1) is 9.49. The number of anilines is 1. The van der Waals surface area contributed by atoms with Crippen LogP contribution in [-0.4, -0.2) is 42.7 Å². The van der Waals surface area contributed by atoms with Gasteiger partial charge in [0.25, 0.3) is 0 Å². The van der Waals surface area contributed by atoms with Crippen molar-refractivity contribution >= 4 is 29.3 Å². The number of hydrogen-bond donors (Lipinski definition) is 2. The Morgan fingerprint density at radius 2 is 2.30 bits per heavy atom. The number of amides is 1. The summed E-state index contributed by atoms with van der Waals surface area (Å²) in [6.07, 6.45) is -0.931. The van der Waals surface area contributed by atoms with Crippen LogP contribution in [0.4, 0.5) is 10.2 Å². The number of aromatic nitrogens is 1. The summed E-state index contributed by atoms with van der Waals surface area (Å²) in [5.41, 5.74) is 0.172. The van der Waals surface area contributed by atoms with Crippen molar-refractivity contribution < 1.29 is 18.7 Å². The predicted octanol–water partition coefficient (Wildman–Crippen LogP) is 1.16. The average Bonchev–Trinajstić information content (AvgIpc) is 2.84. The molecule has 6 nitrogen and oxygen atoms in total. The van der Waals surface area contributed by atoms with Crippen molar-refractivity contribution in [3.05, 3.63) is 22.8 Å². The van der Waals surface area contributed by atoms with Crippen molar-refractivity contribution in [2.75, 3.05) is 19.0 Å². The Bertz CT molecular complexity index is 541. The lowest BCUT2D eigenvalue weighted by molar-refractivity contribution is -0.117. The van der Waals surface area contributed by atoms with Crippen LogP contribution in [0.25, 0.3) is 0 Å². The maximum Gasteiger partial charge on any atom is 0.338 e. The Balaban J connectivity index is 2.11. The average molecular weight is 302 g/mol. The molecule has 0 radical (unpaired) electrons.